The summed E-state index contributed by atoms with van der Waals surface area (Å²) >= 11 is 6.78. The summed E-state index contributed by atoms with van der Waals surface area (Å²) in [6.45, 7) is 4.38. The Hall–Kier alpha value is -0.130. The van der Waals surface area contributed by atoms with Crippen molar-refractivity contribution < 1.29 is 5.11 Å². The molecule has 0 aromatic carbocycles. The van der Waals surface area contributed by atoms with Crippen LogP contribution in [0.2, 0.25) is 0 Å². The Balaban J connectivity index is 2.70. The third-order valence-electron chi connectivity index (χ3n) is 2.12. The van der Waals surface area contributed by atoms with Gasteiger partial charge in [0.25, 0.3) is 0 Å². The molecule has 3 nitrogen and oxygen atoms in total. The molecular formula is C11H16Br2N2O. The van der Waals surface area contributed by atoms with Crippen LogP contribution in [0.15, 0.2) is 21.2 Å². The summed E-state index contributed by atoms with van der Waals surface area (Å²) in [6, 6.07) is 1.98. The molecule has 1 aromatic rings. The predicted octanol–water partition coefficient (Wildman–Crippen LogP) is 3.43. The second-order valence-electron chi connectivity index (χ2n) is 4.14. The number of nitrogens with one attached hydrogen (secondary N) is 1. The second kappa shape index (κ2) is 6.57. The van der Waals surface area contributed by atoms with E-state index in [-0.39, 0.29) is 12.6 Å². The van der Waals surface area contributed by atoms with Crippen LogP contribution >= 0.6 is 31.9 Å². The molecule has 1 atom stereocenters. The highest BCUT2D eigenvalue weighted by Crippen LogP contribution is 2.24. The van der Waals surface area contributed by atoms with E-state index in [4.69, 9.17) is 0 Å². The highest BCUT2D eigenvalue weighted by Gasteiger charge is 2.12. The van der Waals surface area contributed by atoms with Crippen LogP contribution in [0.3, 0.4) is 0 Å². The van der Waals surface area contributed by atoms with E-state index in [1.807, 2.05) is 6.07 Å². The normalized spacial score (nSPS) is 12.9. The zero-order chi connectivity index (χ0) is 12.1. The van der Waals surface area contributed by atoms with Crippen LogP contribution in [0.4, 0.5) is 5.82 Å². The average molecular weight is 352 g/mol. The summed E-state index contributed by atoms with van der Waals surface area (Å²) in [6.07, 6.45) is 2.65. The molecule has 0 spiro atoms. The van der Waals surface area contributed by atoms with Gasteiger partial charge in [-0.15, -0.1) is 0 Å². The first-order valence-electron chi connectivity index (χ1n) is 5.21. The van der Waals surface area contributed by atoms with E-state index >= 15 is 0 Å². The second-order valence-corrected chi connectivity index (χ2v) is 5.91. The monoisotopic (exact) mass is 350 g/mol. The lowest BCUT2D eigenvalue weighted by molar-refractivity contribution is 0.259. The van der Waals surface area contributed by atoms with Crippen molar-refractivity contribution in [1.82, 2.24) is 4.98 Å². The summed E-state index contributed by atoms with van der Waals surface area (Å²) < 4.78 is 1.82. The topological polar surface area (TPSA) is 45.1 Å². The maximum atomic E-state index is 9.27. The fourth-order valence-electron chi connectivity index (χ4n) is 1.46. The van der Waals surface area contributed by atoms with E-state index in [1.165, 1.54) is 0 Å². The van der Waals surface area contributed by atoms with Crippen molar-refractivity contribution in [1.29, 1.82) is 0 Å². The third-order valence-corrected chi connectivity index (χ3v) is 3.16. The van der Waals surface area contributed by atoms with Gasteiger partial charge in [-0.25, -0.2) is 4.98 Å². The molecule has 2 N–H and O–H groups in total. The zero-order valence-electron chi connectivity index (χ0n) is 9.37. The van der Waals surface area contributed by atoms with Crippen LogP contribution in [-0.2, 0) is 0 Å². The van der Waals surface area contributed by atoms with Crippen molar-refractivity contribution in [3.05, 3.63) is 21.2 Å². The molecule has 0 bridgehead atoms. The van der Waals surface area contributed by atoms with Gasteiger partial charge < -0.3 is 10.4 Å². The summed E-state index contributed by atoms with van der Waals surface area (Å²) in [5, 5.41) is 12.5. The Morgan fingerprint density at radius 2 is 2.12 bits per heavy atom. The molecule has 0 aliphatic heterocycles. The number of aliphatic hydroxyl groups is 1. The van der Waals surface area contributed by atoms with Crippen LogP contribution < -0.4 is 5.32 Å². The molecule has 1 heterocycles. The maximum Gasteiger partial charge on any atom is 0.140 e. The number of aliphatic hydroxyl groups excluding tert-OH is 1. The number of aromatic nitrogens is 1. The predicted molar refractivity (Wildman–Crippen MR) is 73.6 cm³/mol. The molecule has 0 aliphatic carbocycles. The largest absolute Gasteiger partial charge is 0.394 e. The first-order chi connectivity index (χ1) is 7.52. The van der Waals surface area contributed by atoms with E-state index in [0.717, 1.165) is 21.2 Å². The van der Waals surface area contributed by atoms with E-state index in [9.17, 15) is 5.11 Å². The summed E-state index contributed by atoms with van der Waals surface area (Å²) in [5.41, 5.74) is 0. The lowest BCUT2D eigenvalue weighted by atomic mass is 10.0. The van der Waals surface area contributed by atoms with Gasteiger partial charge in [0.2, 0.25) is 0 Å². The van der Waals surface area contributed by atoms with Gasteiger partial charge in [-0.3, -0.25) is 0 Å². The van der Waals surface area contributed by atoms with Crippen molar-refractivity contribution in [3.63, 3.8) is 0 Å². The molecular weight excluding hydrogens is 336 g/mol. The minimum Gasteiger partial charge on any atom is -0.394 e. The Kier molecular flexibility index (Phi) is 5.72. The smallest absolute Gasteiger partial charge is 0.140 e. The van der Waals surface area contributed by atoms with Gasteiger partial charge in [-0.05, 0) is 50.3 Å². The number of hydrogen-bond acceptors (Lipinski definition) is 3. The van der Waals surface area contributed by atoms with E-state index < -0.39 is 0 Å². The summed E-state index contributed by atoms with van der Waals surface area (Å²) in [4.78, 5) is 4.26. The first kappa shape index (κ1) is 13.9. The molecule has 0 saturated heterocycles. The number of rotatable bonds is 5. The van der Waals surface area contributed by atoms with Crippen LogP contribution in [0.1, 0.15) is 20.3 Å². The van der Waals surface area contributed by atoms with Crippen LogP contribution in [0.25, 0.3) is 0 Å². The lowest BCUT2D eigenvalue weighted by Crippen LogP contribution is -2.26. The summed E-state index contributed by atoms with van der Waals surface area (Å²) in [5.74, 6) is 1.31. The van der Waals surface area contributed by atoms with Crippen molar-refractivity contribution in [2.24, 2.45) is 5.92 Å². The Labute approximate surface area is 113 Å². The van der Waals surface area contributed by atoms with Crippen LogP contribution in [0, 0.1) is 5.92 Å². The minimum absolute atomic E-state index is 0.0463. The first-order valence-corrected chi connectivity index (χ1v) is 6.80. The fourth-order valence-corrected chi connectivity index (χ4v) is 2.56. The molecule has 5 heteroatoms. The van der Waals surface area contributed by atoms with Crippen molar-refractivity contribution in [3.8, 4) is 0 Å². The highest BCUT2D eigenvalue weighted by atomic mass is 79.9. The molecule has 0 saturated carbocycles. The minimum atomic E-state index is 0.0463. The van der Waals surface area contributed by atoms with Crippen LogP contribution in [0.5, 0.6) is 0 Å². The summed E-state index contributed by atoms with van der Waals surface area (Å²) in [7, 11) is 0. The van der Waals surface area contributed by atoms with Crippen molar-refractivity contribution >= 4 is 37.7 Å². The SMILES string of the molecule is CC(C)CC(CO)Nc1ncc(Br)cc1Br. The number of halogens is 2. The van der Waals surface area contributed by atoms with Crippen LogP contribution in [-0.4, -0.2) is 22.7 Å². The van der Waals surface area contributed by atoms with Gasteiger partial charge in [0.15, 0.2) is 0 Å². The number of anilines is 1. The zero-order valence-corrected chi connectivity index (χ0v) is 12.5. The van der Waals surface area contributed by atoms with Gasteiger partial charge >= 0.3 is 0 Å². The Morgan fingerprint density at radius 3 is 2.62 bits per heavy atom. The Morgan fingerprint density at radius 1 is 1.44 bits per heavy atom. The van der Waals surface area contributed by atoms with E-state index in [1.54, 1.807) is 6.20 Å². The lowest BCUT2D eigenvalue weighted by Gasteiger charge is -2.19. The molecule has 1 unspecified atom stereocenters. The van der Waals surface area contributed by atoms with Gasteiger partial charge in [0.1, 0.15) is 5.82 Å². The fraction of sp³-hybridized carbons (Fsp3) is 0.545. The standard InChI is InChI=1S/C11H16Br2N2O/c1-7(2)3-9(6-16)15-11-10(13)4-8(12)5-14-11/h4-5,7,9,16H,3,6H2,1-2H3,(H,14,15). The van der Waals surface area contributed by atoms with E-state index in [2.05, 4.69) is 56.0 Å². The molecule has 0 aliphatic rings. The molecule has 0 amide bonds. The highest BCUT2D eigenvalue weighted by molar-refractivity contribution is 9.11. The van der Waals surface area contributed by atoms with Crippen molar-refractivity contribution in [2.75, 3.05) is 11.9 Å². The third kappa shape index (κ3) is 4.39. The molecule has 0 radical (unpaired) electrons. The molecule has 90 valence electrons. The molecule has 16 heavy (non-hydrogen) atoms. The quantitative estimate of drug-likeness (QED) is 0.854. The van der Waals surface area contributed by atoms with Gasteiger partial charge in [0.05, 0.1) is 17.1 Å². The number of hydrogen-bond donors (Lipinski definition) is 2. The van der Waals surface area contributed by atoms with Crippen molar-refractivity contribution in [2.45, 2.75) is 26.3 Å². The maximum absolute atomic E-state index is 9.27. The molecule has 0 fully saturated rings. The average Bonchev–Trinajstić information content (AvgIpc) is 2.20. The Bertz CT molecular complexity index is 345. The van der Waals surface area contributed by atoms with Gasteiger partial charge in [-0.2, -0.15) is 0 Å². The number of pyridine rings is 1. The van der Waals surface area contributed by atoms with Gasteiger partial charge in [-0.1, -0.05) is 13.8 Å². The molecule has 1 aromatic heterocycles. The number of nitrogens with zero attached hydrogens (tertiary/aromatic N) is 1. The van der Waals surface area contributed by atoms with E-state index in [0.29, 0.717) is 5.92 Å². The molecule has 1 rings (SSSR count). The van der Waals surface area contributed by atoms with Gasteiger partial charge in [0, 0.05) is 10.7 Å².